The van der Waals surface area contributed by atoms with Crippen LogP contribution in [-0.2, 0) is 28.6 Å². The molecule has 21 nitrogen and oxygen atoms in total. The molecule has 4 heterocycles. The predicted molar refractivity (Wildman–Crippen MR) is 232 cm³/mol. The molecule has 370 valence electrons. The Kier molecular flexibility index (Phi) is 12.3. The Morgan fingerprint density at radius 3 is 2.16 bits per heavy atom. The smallest absolute Gasteiger partial charge is 0.229 e. The van der Waals surface area contributed by atoms with Crippen LogP contribution in [0.2, 0.25) is 0 Å². The SMILES string of the molecule is CC1(C)C(=O)C(O[C@@H]2O[C@H](CO)[C@@H](O)[C@H](O)[C@H]2O)=C[C@@H]2C1=CC[C@@H]1[C@@]2(C)C(=O)C[C@]2(C)[C@@H]([C@@](C)(O)C(=O)CC(Nc3ncnc4c3ncn4[C@@H]3O[C@H](CO)[C@@H](O)[C@H]3O)C(C)(C)O)[C@H](O)C[C@@]12C. The summed E-state index contributed by atoms with van der Waals surface area (Å²) in [6, 6.07) is -1.12. The van der Waals surface area contributed by atoms with Gasteiger partial charge in [0.1, 0.15) is 60.4 Å². The van der Waals surface area contributed by atoms with Crippen LogP contribution in [0.5, 0.6) is 0 Å². The van der Waals surface area contributed by atoms with Gasteiger partial charge < -0.3 is 70.6 Å². The zero-order chi connectivity index (χ0) is 49.3. The molecule has 2 saturated heterocycles. The van der Waals surface area contributed by atoms with Crippen molar-refractivity contribution < 1.29 is 79.7 Å². The molecule has 0 aromatic carbocycles. The van der Waals surface area contributed by atoms with Gasteiger partial charge in [-0.2, -0.15) is 0 Å². The molecule has 2 aromatic heterocycles. The first-order valence-electron chi connectivity index (χ1n) is 22.8. The first-order valence-corrected chi connectivity index (χ1v) is 22.8. The van der Waals surface area contributed by atoms with E-state index in [1.54, 1.807) is 13.8 Å². The summed E-state index contributed by atoms with van der Waals surface area (Å²) < 4.78 is 18.6. The summed E-state index contributed by atoms with van der Waals surface area (Å²) in [4.78, 5) is 56.9. The van der Waals surface area contributed by atoms with Gasteiger partial charge in [0, 0.05) is 30.1 Å². The standard InChI is InChI=1S/C46H65N5O16/c1-41(2)19-9-10-25-43(5)13-21(54)35(44(43,6)14-28(56)45(25,7)20(19)11-22(36(41)62)66-40-34(61)32(59)30(57)24(16-53)67-40)46(8,64)27(55)12-26(42(3,4)63)50-37-29-38(48-17-47-37)51(18-49-29)39-33(60)31(58)23(15-52)65-39/h9,11,17-18,20-21,23-26,30-35,39-40,52-54,57-61,63-64H,10,12-16H2,1-8H3,(H,47,48,50)/t20-,21-,23-,24-,25+,26?,30-,31-,32+,33-,34-,35+,39-,40-,43+,44-,45+,46+/m1/s1. The highest BCUT2D eigenvalue weighted by Gasteiger charge is 2.74. The first kappa shape index (κ1) is 49.6. The van der Waals surface area contributed by atoms with E-state index in [1.807, 2.05) is 26.8 Å². The number of allylic oxidation sites excluding steroid dienone is 4. The molecule has 21 heteroatoms. The summed E-state index contributed by atoms with van der Waals surface area (Å²) in [7, 11) is 0. The third kappa shape index (κ3) is 7.33. The van der Waals surface area contributed by atoms with E-state index in [4.69, 9.17) is 14.2 Å². The van der Waals surface area contributed by atoms with E-state index < -0.39 is 149 Å². The number of Topliss-reactive ketones (excluding diaryl/α,β-unsaturated/α-hetero) is 3. The average molecular weight is 944 g/mol. The number of hydrogen-bond acceptors (Lipinski definition) is 20. The van der Waals surface area contributed by atoms with E-state index in [0.29, 0.717) is 12.0 Å². The fourth-order valence-corrected chi connectivity index (χ4v) is 12.8. The van der Waals surface area contributed by atoms with Crippen molar-refractivity contribution in [2.24, 2.45) is 39.4 Å². The topological polar surface area (TPSA) is 337 Å². The lowest BCUT2D eigenvalue weighted by Gasteiger charge is -2.63. The summed E-state index contributed by atoms with van der Waals surface area (Å²) in [6.07, 6.45) is -8.71. The number of nitrogens with zero attached hydrogens (tertiary/aromatic N) is 4. The molecule has 2 saturated carbocycles. The molecule has 67 heavy (non-hydrogen) atoms. The number of fused-ring (bicyclic) bond motifs is 6. The summed E-state index contributed by atoms with van der Waals surface area (Å²) in [5.41, 5.74) is -7.38. The van der Waals surface area contributed by atoms with Crippen LogP contribution in [0.1, 0.15) is 87.3 Å². The quantitative estimate of drug-likeness (QED) is 0.113. The molecule has 0 bridgehead atoms. The van der Waals surface area contributed by atoms with Crippen molar-refractivity contribution >= 4 is 34.3 Å². The molecule has 18 atom stereocenters. The molecule has 4 aliphatic carbocycles. The molecule has 4 fully saturated rings. The Hall–Kier alpha value is -3.84. The van der Waals surface area contributed by atoms with Gasteiger partial charge in [-0.05, 0) is 70.3 Å². The number of carbonyl (C=O) groups excluding carboxylic acids is 3. The highest BCUT2D eigenvalue weighted by atomic mass is 16.7. The van der Waals surface area contributed by atoms with Crippen molar-refractivity contribution in [1.82, 2.24) is 19.5 Å². The molecular weight excluding hydrogens is 879 g/mol. The van der Waals surface area contributed by atoms with Crippen LogP contribution in [0.3, 0.4) is 0 Å². The molecule has 11 N–H and O–H groups in total. The maximum absolute atomic E-state index is 15.1. The van der Waals surface area contributed by atoms with E-state index in [1.165, 1.54) is 44.1 Å². The van der Waals surface area contributed by atoms with Crippen molar-refractivity contribution in [3.63, 3.8) is 0 Å². The Bertz CT molecular complexity index is 2360. The van der Waals surface area contributed by atoms with Gasteiger partial charge in [-0.1, -0.05) is 32.4 Å². The second-order valence-electron chi connectivity index (χ2n) is 21.6. The molecule has 0 spiro atoms. The van der Waals surface area contributed by atoms with Crippen molar-refractivity contribution in [1.29, 1.82) is 0 Å². The van der Waals surface area contributed by atoms with Crippen LogP contribution in [0.25, 0.3) is 11.2 Å². The third-order valence-electron chi connectivity index (χ3n) is 17.0. The van der Waals surface area contributed by atoms with Gasteiger partial charge in [-0.3, -0.25) is 19.0 Å². The maximum Gasteiger partial charge on any atom is 0.229 e. The predicted octanol–water partition coefficient (Wildman–Crippen LogP) is -1.06. The number of aromatic nitrogens is 4. The van der Waals surface area contributed by atoms with E-state index in [9.17, 15) is 60.7 Å². The molecular formula is C46H65N5O16. The Morgan fingerprint density at radius 1 is 0.896 bits per heavy atom. The van der Waals surface area contributed by atoms with Crippen LogP contribution in [0.4, 0.5) is 5.82 Å². The van der Waals surface area contributed by atoms with E-state index in [0.717, 1.165) is 0 Å². The fourth-order valence-electron chi connectivity index (χ4n) is 12.8. The number of carbonyl (C=O) groups is 3. The van der Waals surface area contributed by atoms with E-state index >= 15 is 4.79 Å². The zero-order valence-electron chi connectivity index (χ0n) is 38.8. The van der Waals surface area contributed by atoms with Gasteiger partial charge in [0.2, 0.25) is 12.1 Å². The highest BCUT2D eigenvalue weighted by molar-refractivity contribution is 6.02. The fraction of sp³-hybridized carbons (Fsp3) is 0.739. The first-order chi connectivity index (χ1) is 31.1. The number of anilines is 1. The number of ether oxygens (including phenoxy) is 3. The number of imidazole rings is 1. The van der Waals surface area contributed by atoms with Crippen LogP contribution in [-0.4, -0.2) is 174 Å². The summed E-state index contributed by atoms with van der Waals surface area (Å²) in [5, 5.41) is 111. The number of nitrogens with one attached hydrogen (secondary N) is 1. The number of aliphatic hydroxyl groups excluding tert-OH is 8. The summed E-state index contributed by atoms with van der Waals surface area (Å²) in [5.74, 6) is -3.99. The summed E-state index contributed by atoms with van der Waals surface area (Å²) in [6.45, 7) is 12.0. The molecule has 2 aromatic rings. The second kappa shape index (κ2) is 16.7. The lowest BCUT2D eigenvalue weighted by Crippen LogP contribution is -2.64. The number of aliphatic hydroxyl groups is 10. The molecule has 8 rings (SSSR count). The van der Waals surface area contributed by atoms with E-state index in [-0.39, 0.29) is 41.4 Å². The lowest BCUT2D eigenvalue weighted by atomic mass is 9.39. The van der Waals surface area contributed by atoms with Crippen LogP contribution >= 0.6 is 0 Å². The largest absolute Gasteiger partial charge is 0.459 e. The van der Waals surface area contributed by atoms with Crippen LogP contribution in [0.15, 0.2) is 36.1 Å². The van der Waals surface area contributed by atoms with Gasteiger partial charge in [0.25, 0.3) is 0 Å². The molecule has 6 aliphatic rings. The minimum absolute atomic E-state index is 0.0840. The summed E-state index contributed by atoms with van der Waals surface area (Å²) >= 11 is 0. The third-order valence-corrected chi connectivity index (χ3v) is 17.0. The molecule has 1 unspecified atom stereocenters. The second-order valence-corrected chi connectivity index (χ2v) is 21.6. The lowest BCUT2D eigenvalue weighted by molar-refractivity contribution is -0.291. The van der Waals surface area contributed by atoms with Gasteiger partial charge in [0.05, 0.1) is 42.7 Å². The molecule has 0 radical (unpaired) electrons. The highest BCUT2D eigenvalue weighted by Crippen LogP contribution is 2.74. The Balaban J connectivity index is 1.07. The molecule has 0 amide bonds. The van der Waals surface area contributed by atoms with Gasteiger partial charge in [0.15, 0.2) is 34.8 Å². The minimum atomic E-state index is -2.25. The average Bonchev–Trinajstić information content (AvgIpc) is 3.87. The van der Waals surface area contributed by atoms with Crippen molar-refractivity contribution in [2.75, 3.05) is 18.5 Å². The number of ketones is 3. The normalized spacial score (nSPS) is 42.0. The maximum atomic E-state index is 15.1. The Labute approximate surface area is 386 Å². The number of rotatable bonds is 12. The molecule has 2 aliphatic heterocycles. The van der Waals surface area contributed by atoms with E-state index in [2.05, 4.69) is 20.3 Å². The van der Waals surface area contributed by atoms with Crippen LogP contribution < -0.4 is 5.32 Å². The monoisotopic (exact) mass is 943 g/mol. The van der Waals surface area contributed by atoms with Gasteiger partial charge in [-0.25, -0.2) is 15.0 Å². The van der Waals surface area contributed by atoms with Gasteiger partial charge in [-0.15, -0.1) is 0 Å². The number of hydrogen-bond donors (Lipinski definition) is 11. The zero-order valence-corrected chi connectivity index (χ0v) is 38.8. The van der Waals surface area contributed by atoms with Crippen LogP contribution in [0, 0.1) is 39.4 Å². The van der Waals surface area contributed by atoms with Crippen molar-refractivity contribution in [3.05, 3.63) is 36.1 Å². The van der Waals surface area contributed by atoms with Crippen molar-refractivity contribution in [2.45, 2.75) is 160 Å². The van der Waals surface area contributed by atoms with Crippen molar-refractivity contribution in [3.8, 4) is 0 Å². The van der Waals surface area contributed by atoms with Gasteiger partial charge >= 0.3 is 0 Å². The Morgan fingerprint density at radius 2 is 1.54 bits per heavy atom. The minimum Gasteiger partial charge on any atom is -0.459 e.